The number of sulfonamides is 1. The zero-order valence-electron chi connectivity index (χ0n) is 16.8. The van der Waals surface area contributed by atoms with E-state index in [1.165, 1.54) is 31.4 Å². The molecule has 168 valence electrons. The van der Waals surface area contributed by atoms with Crippen LogP contribution in [0, 0.1) is 0 Å². The van der Waals surface area contributed by atoms with Gasteiger partial charge < -0.3 is 15.4 Å². The van der Waals surface area contributed by atoms with Crippen LogP contribution in [0.4, 0.5) is 10.5 Å². The van der Waals surface area contributed by atoms with E-state index in [0.29, 0.717) is 46.4 Å². The van der Waals surface area contributed by atoms with Gasteiger partial charge in [-0.1, -0.05) is 35.3 Å². The van der Waals surface area contributed by atoms with Crippen molar-refractivity contribution in [1.82, 2.24) is 10.6 Å². The fraction of sp³-hybridized carbons (Fsp3) is 0.300. The lowest BCUT2D eigenvalue weighted by atomic mass is 10.2. The number of benzene rings is 2. The van der Waals surface area contributed by atoms with Gasteiger partial charge in [0.15, 0.2) is 0 Å². The molecule has 2 amide bonds. The van der Waals surface area contributed by atoms with Crippen molar-refractivity contribution in [2.24, 2.45) is 0 Å². The zero-order valence-corrected chi connectivity index (χ0v) is 19.1. The summed E-state index contributed by atoms with van der Waals surface area (Å²) in [5.74, 6) is -0.474. The number of amides is 2. The zero-order chi connectivity index (χ0) is 22.9. The van der Waals surface area contributed by atoms with Crippen molar-refractivity contribution in [3.63, 3.8) is 0 Å². The lowest BCUT2D eigenvalue weighted by Crippen LogP contribution is -2.29. The number of methoxy groups -OCH3 is 1. The number of alkyl carbamates (subject to hydrolysis) is 1. The molecule has 0 unspecified atom stereocenters. The summed E-state index contributed by atoms with van der Waals surface area (Å²) in [6, 6.07) is 11.1. The lowest BCUT2D eigenvalue weighted by molar-refractivity contribution is 0.0953. The Labute approximate surface area is 191 Å². The van der Waals surface area contributed by atoms with Crippen molar-refractivity contribution >= 4 is 50.9 Å². The minimum absolute atomic E-state index is 0.172. The number of halogens is 2. The summed E-state index contributed by atoms with van der Waals surface area (Å²) in [5, 5.41) is 5.94. The Morgan fingerprint density at radius 3 is 2.35 bits per heavy atom. The summed E-state index contributed by atoms with van der Waals surface area (Å²) in [7, 11) is -2.35. The molecule has 0 saturated carbocycles. The van der Waals surface area contributed by atoms with Crippen LogP contribution in [0.2, 0.25) is 10.0 Å². The second kappa shape index (κ2) is 11.8. The van der Waals surface area contributed by atoms with Crippen LogP contribution in [0.3, 0.4) is 0 Å². The van der Waals surface area contributed by atoms with E-state index < -0.39 is 16.1 Å². The van der Waals surface area contributed by atoms with E-state index in [1.54, 1.807) is 18.2 Å². The van der Waals surface area contributed by atoms with Crippen LogP contribution in [0.1, 0.15) is 22.3 Å². The first-order valence-corrected chi connectivity index (χ1v) is 11.8. The van der Waals surface area contributed by atoms with Gasteiger partial charge in [-0.15, -0.1) is 0 Å². The Hall–Kier alpha value is -2.49. The summed E-state index contributed by atoms with van der Waals surface area (Å²) in [6.45, 7) is 0.733. The van der Waals surface area contributed by atoms with E-state index in [1.807, 2.05) is 0 Å². The molecule has 0 heterocycles. The van der Waals surface area contributed by atoms with Gasteiger partial charge in [-0.05, 0) is 48.7 Å². The topological polar surface area (TPSA) is 114 Å². The highest BCUT2D eigenvalue weighted by Crippen LogP contribution is 2.26. The third-order valence-corrected chi connectivity index (χ3v) is 6.33. The predicted octanol–water partition coefficient (Wildman–Crippen LogP) is 3.45. The quantitative estimate of drug-likeness (QED) is 0.444. The first kappa shape index (κ1) is 24.8. The normalized spacial score (nSPS) is 10.9. The maximum absolute atomic E-state index is 12.4. The van der Waals surface area contributed by atoms with Gasteiger partial charge in [-0.3, -0.25) is 9.52 Å². The summed E-state index contributed by atoms with van der Waals surface area (Å²) in [6.07, 6.45) is 0.218. The number of rotatable bonds is 10. The third kappa shape index (κ3) is 8.28. The van der Waals surface area contributed by atoms with Gasteiger partial charge in [0.05, 0.1) is 22.9 Å². The smallest absolute Gasteiger partial charge is 0.406 e. The molecular formula is C20H23Cl2N3O5S. The molecule has 31 heavy (non-hydrogen) atoms. The van der Waals surface area contributed by atoms with Gasteiger partial charge in [0.1, 0.15) is 0 Å². The number of aryl methyl sites for hydroxylation is 1. The Morgan fingerprint density at radius 1 is 1.00 bits per heavy atom. The average Bonchev–Trinajstić information content (AvgIpc) is 2.74. The Morgan fingerprint density at radius 2 is 1.68 bits per heavy atom. The second-order valence-corrected chi connectivity index (χ2v) is 9.12. The van der Waals surface area contributed by atoms with Crippen molar-refractivity contribution < 1.29 is 22.7 Å². The number of nitrogens with one attached hydrogen (secondary N) is 3. The summed E-state index contributed by atoms with van der Waals surface area (Å²) in [5.41, 5.74) is 1.37. The number of hydrogen-bond donors (Lipinski definition) is 3. The molecule has 0 radical (unpaired) electrons. The summed E-state index contributed by atoms with van der Waals surface area (Å²) in [4.78, 5) is 23.1. The molecule has 11 heteroatoms. The van der Waals surface area contributed by atoms with Crippen molar-refractivity contribution in [1.29, 1.82) is 0 Å². The van der Waals surface area contributed by atoms with Crippen molar-refractivity contribution in [2.45, 2.75) is 12.8 Å². The van der Waals surface area contributed by atoms with Crippen molar-refractivity contribution in [2.75, 3.05) is 30.7 Å². The van der Waals surface area contributed by atoms with Crippen LogP contribution in [0.5, 0.6) is 0 Å². The largest absolute Gasteiger partial charge is 0.453 e. The third-order valence-electron chi connectivity index (χ3n) is 4.19. The van der Waals surface area contributed by atoms with Gasteiger partial charge in [0, 0.05) is 24.3 Å². The van der Waals surface area contributed by atoms with Crippen molar-refractivity contribution in [3.05, 3.63) is 63.6 Å². The monoisotopic (exact) mass is 487 g/mol. The molecule has 0 aromatic heterocycles. The Kier molecular flexibility index (Phi) is 9.42. The fourth-order valence-corrected chi connectivity index (χ4v) is 4.06. The molecule has 2 rings (SSSR count). The van der Waals surface area contributed by atoms with E-state index in [4.69, 9.17) is 23.2 Å². The minimum Gasteiger partial charge on any atom is -0.453 e. The molecule has 0 fully saturated rings. The molecular weight excluding hydrogens is 465 g/mol. The molecule has 0 spiro atoms. The van der Waals surface area contributed by atoms with Crippen LogP contribution in [-0.4, -0.2) is 46.4 Å². The van der Waals surface area contributed by atoms with Crippen molar-refractivity contribution in [3.8, 4) is 0 Å². The molecule has 0 aliphatic rings. The second-order valence-electron chi connectivity index (χ2n) is 6.49. The molecule has 2 aromatic rings. The molecule has 0 aliphatic heterocycles. The van der Waals surface area contributed by atoms with E-state index in [-0.39, 0.29) is 18.1 Å². The molecule has 2 aromatic carbocycles. The molecule has 3 N–H and O–H groups in total. The summed E-state index contributed by atoms with van der Waals surface area (Å²) < 4.78 is 31.6. The number of carbonyl (C=O) groups excluding carboxylic acids is 2. The Balaban J connectivity index is 1.83. The highest BCUT2D eigenvalue weighted by atomic mass is 35.5. The van der Waals surface area contributed by atoms with Crippen LogP contribution in [-0.2, 0) is 21.2 Å². The maximum atomic E-state index is 12.4. The molecule has 0 atom stereocenters. The van der Waals surface area contributed by atoms with Gasteiger partial charge >= 0.3 is 6.09 Å². The minimum atomic E-state index is -3.62. The van der Waals surface area contributed by atoms with Gasteiger partial charge in [-0.25, -0.2) is 13.2 Å². The Bertz CT molecular complexity index is 1010. The highest BCUT2D eigenvalue weighted by Gasteiger charge is 2.14. The molecule has 0 bridgehead atoms. The number of carbonyl (C=O) groups is 2. The fourth-order valence-electron chi connectivity index (χ4n) is 2.56. The van der Waals surface area contributed by atoms with Crippen LogP contribution in [0.25, 0.3) is 0 Å². The summed E-state index contributed by atoms with van der Waals surface area (Å²) >= 11 is 12.0. The van der Waals surface area contributed by atoms with Gasteiger partial charge in [-0.2, -0.15) is 0 Å². The molecule has 0 aliphatic carbocycles. The number of anilines is 1. The average molecular weight is 488 g/mol. The highest BCUT2D eigenvalue weighted by molar-refractivity contribution is 7.92. The molecule has 8 nitrogen and oxygen atoms in total. The first-order valence-electron chi connectivity index (χ1n) is 9.35. The van der Waals surface area contributed by atoms with Gasteiger partial charge in [0.25, 0.3) is 5.91 Å². The van der Waals surface area contributed by atoms with Crippen LogP contribution >= 0.6 is 23.2 Å². The number of hydrogen-bond acceptors (Lipinski definition) is 5. The lowest BCUT2D eigenvalue weighted by Gasteiger charge is -2.10. The first-order chi connectivity index (χ1) is 14.7. The van der Waals surface area contributed by atoms with Crippen LogP contribution < -0.4 is 15.4 Å². The van der Waals surface area contributed by atoms with E-state index >= 15 is 0 Å². The SMILES string of the molecule is COC(=O)NCCCNC(=O)c1ccc(NS(=O)(=O)CCc2cccc(Cl)c2Cl)cc1. The standard InChI is InChI=1S/C20H23Cl2N3O5S/c1-30-20(27)24-12-3-11-23-19(26)15-6-8-16(9-7-15)25-31(28,29)13-10-14-4-2-5-17(21)18(14)22/h2,4-9,25H,3,10-13H2,1H3,(H,23,26)(H,24,27). The van der Waals surface area contributed by atoms with Gasteiger partial charge in [0.2, 0.25) is 10.0 Å². The molecule has 0 saturated heterocycles. The van der Waals surface area contributed by atoms with E-state index in [2.05, 4.69) is 20.1 Å². The van der Waals surface area contributed by atoms with E-state index in [0.717, 1.165) is 0 Å². The number of ether oxygens (including phenoxy) is 1. The van der Waals surface area contributed by atoms with E-state index in [9.17, 15) is 18.0 Å². The predicted molar refractivity (Wildman–Crippen MR) is 121 cm³/mol. The van der Waals surface area contributed by atoms with Crippen LogP contribution in [0.15, 0.2) is 42.5 Å². The maximum Gasteiger partial charge on any atom is 0.406 e.